The second kappa shape index (κ2) is 7.34. The number of aromatic nitrogens is 1. The zero-order valence-electron chi connectivity index (χ0n) is 10.8. The molecule has 0 amide bonds. The van der Waals surface area contributed by atoms with E-state index in [0.29, 0.717) is 12.7 Å². The first-order valence-corrected chi connectivity index (χ1v) is 6.78. The van der Waals surface area contributed by atoms with Gasteiger partial charge in [-0.05, 0) is 44.4 Å². The van der Waals surface area contributed by atoms with Gasteiger partial charge < -0.3 is 9.84 Å². The average Bonchev–Trinajstić information content (AvgIpc) is 2.84. The zero-order chi connectivity index (χ0) is 12.6. The molecule has 4 heteroatoms. The van der Waals surface area contributed by atoms with Crippen LogP contribution in [-0.2, 0) is 0 Å². The largest absolute Gasteiger partial charge is 0.487 e. The van der Waals surface area contributed by atoms with E-state index in [9.17, 15) is 0 Å². The summed E-state index contributed by atoms with van der Waals surface area (Å²) in [6.45, 7) is 3.55. The molecular weight excluding hydrogens is 228 g/mol. The van der Waals surface area contributed by atoms with Crippen LogP contribution in [0.3, 0.4) is 0 Å². The molecule has 2 heterocycles. The summed E-state index contributed by atoms with van der Waals surface area (Å²) >= 11 is 0. The molecule has 0 spiro atoms. The summed E-state index contributed by atoms with van der Waals surface area (Å²) in [5.74, 6) is 0.865. The first-order valence-electron chi connectivity index (χ1n) is 6.78. The van der Waals surface area contributed by atoms with E-state index in [-0.39, 0.29) is 0 Å². The number of aliphatic hydroxyl groups is 1. The summed E-state index contributed by atoms with van der Waals surface area (Å²) in [5.41, 5.74) is 0. The molecule has 0 aliphatic carbocycles. The molecule has 18 heavy (non-hydrogen) atoms. The van der Waals surface area contributed by atoms with Gasteiger partial charge in [-0.3, -0.25) is 9.88 Å². The van der Waals surface area contributed by atoms with Gasteiger partial charge in [0, 0.05) is 25.9 Å². The summed E-state index contributed by atoms with van der Waals surface area (Å²) in [4.78, 5) is 6.50. The molecule has 1 atom stereocenters. The Bertz CT molecular complexity index is 332. The van der Waals surface area contributed by atoms with Gasteiger partial charge >= 0.3 is 0 Å². The van der Waals surface area contributed by atoms with Crippen molar-refractivity contribution in [3.63, 3.8) is 0 Å². The first-order chi connectivity index (χ1) is 8.88. The summed E-state index contributed by atoms with van der Waals surface area (Å²) < 4.78 is 5.89. The second-order valence-corrected chi connectivity index (χ2v) is 4.80. The van der Waals surface area contributed by atoms with Crippen molar-refractivity contribution in [1.82, 2.24) is 9.88 Å². The number of unbranched alkanes of at least 4 members (excludes halogenated alkanes) is 2. The molecule has 100 valence electrons. The number of nitrogens with zero attached hydrogens (tertiary/aromatic N) is 2. The van der Waals surface area contributed by atoms with Gasteiger partial charge in [0.15, 0.2) is 0 Å². The molecule has 1 aliphatic rings. The lowest BCUT2D eigenvalue weighted by molar-refractivity contribution is 0.198. The Kier molecular flexibility index (Phi) is 5.42. The maximum Gasteiger partial charge on any atom is 0.138 e. The predicted octanol–water partition coefficient (Wildman–Crippen LogP) is 1.70. The van der Waals surface area contributed by atoms with Crippen molar-refractivity contribution in [2.75, 3.05) is 26.2 Å². The highest BCUT2D eigenvalue weighted by atomic mass is 16.5. The number of likely N-dealkylation sites (tertiary alicyclic amines) is 1. The molecule has 4 nitrogen and oxygen atoms in total. The topological polar surface area (TPSA) is 45.6 Å². The van der Waals surface area contributed by atoms with Crippen molar-refractivity contribution in [2.45, 2.75) is 31.8 Å². The standard InChI is InChI=1S/C14H22N2O2/c17-10-3-1-2-8-16-9-6-14(12-16)18-13-5-4-7-15-11-13/h4-5,7,11,14,17H,1-3,6,8-10,12H2. The van der Waals surface area contributed by atoms with Crippen molar-refractivity contribution >= 4 is 0 Å². The van der Waals surface area contributed by atoms with Gasteiger partial charge in [0.25, 0.3) is 0 Å². The summed E-state index contributed by atoms with van der Waals surface area (Å²) in [6.07, 6.45) is 8.12. The van der Waals surface area contributed by atoms with Gasteiger partial charge in [0.2, 0.25) is 0 Å². The number of hydrogen-bond donors (Lipinski definition) is 1. The number of rotatable bonds is 7. The third kappa shape index (κ3) is 4.27. The molecule has 1 N–H and O–H groups in total. The van der Waals surface area contributed by atoms with E-state index in [1.807, 2.05) is 12.1 Å². The molecular formula is C14H22N2O2. The van der Waals surface area contributed by atoms with E-state index in [0.717, 1.165) is 44.6 Å². The monoisotopic (exact) mass is 250 g/mol. The van der Waals surface area contributed by atoms with E-state index >= 15 is 0 Å². The molecule has 0 radical (unpaired) electrons. The van der Waals surface area contributed by atoms with Crippen LogP contribution < -0.4 is 4.74 Å². The maximum atomic E-state index is 8.72. The van der Waals surface area contributed by atoms with Crippen LogP contribution in [0, 0.1) is 0 Å². The summed E-state index contributed by atoms with van der Waals surface area (Å²) in [6, 6.07) is 3.86. The van der Waals surface area contributed by atoms with Crippen LogP contribution in [0.4, 0.5) is 0 Å². The molecule has 1 aromatic heterocycles. The van der Waals surface area contributed by atoms with Crippen LogP contribution in [0.2, 0.25) is 0 Å². The normalized spacial score (nSPS) is 20.2. The molecule has 0 bridgehead atoms. The van der Waals surface area contributed by atoms with Crippen LogP contribution in [0.15, 0.2) is 24.5 Å². The van der Waals surface area contributed by atoms with Crippen molar-refractivity contribution in [1.29, 1.82) is 0 Å². The van der Waals surface area contributed by atoms with Crippen LogP contribution in [-0.4, -0.2) is 47.3 Å². The molecule has 1 aliphatic heterocycles. The first kappa shape index (κ1) is 13.3. The lowest BCUT2D eigenvalue weighted by Gasteiger charge is -2.16. The Balaban J connectivity index is 1.65. The van der Waals surface area contributed by atoms with Crippen LogP contribution in [0.25, 0.3) is 0 Å². The maximum absolute atomic E-state index is 8.72. The van der Waals surface area contributed by atoms with E-state index in [1.165, 1.54) is 6.42 Å². The van der Waals surface area contributed by atoms with E-state index in [1.54, 1.807) is 12.4 Å². The van der Waals surface area contributed by atoms with Gasteiger partial charge in [-0.25, -0.2) is 0 Å². The summed E-state index contributed by atoms with van der Waals surface area (Å²) in [5, 5.41) is 8.72. The smallest absolute Gasteiger partial charge is 0.138 e. The average molecular weight is 250 g/mol. The SMILES string of the molecule is OCCCCCN1CCC(Oc2cccnc2)C1. The Labute approximate surface area is 109 Å². The van der Waals surface area contributed by atoms with Gasteiger partial charge in [0.05, 0.1) is 6.20 Å². The fourth-order valence-corrected chi connectivity index (χ4v) is 2.33. The molecule has 2 rings (SSSR count). The van der Waals surface area contributed by atoms with Gasteiger partial charge in [-0.2, -0.15) is 0 Å². The third-order valence-electron chi connectivity index (χ3n) is 3.30. The van der Waals surface area contributed by atoms with E-state index in [4.69, 9.17) is 9.84 Å². The van der Waals surface area contributed by atoms with Crippen molar-refractivity contribution < 1.29 is 9.84 Å². The third-order valence-corrected chi connectivity index (χ3v) is 3.30. The highest BCUT2D eigenvalue weighted by molar-refractivity contribution is 5.16. The van der Waals surface area contributed by atoms with Crippen LogP contribution >= 0.6 is 0 Å². The summed E-state index contributed by atoms with van der Waals surface area (Å²) in [7, 11) is 0. The molecule has 0 aromatic carbocycles. The zero-order valence-corrected chi connectivity index (χ0v) is 10.8. The Morgan fingerprint density at radius 3 is 3.11 bits per heavy atom. The van der Waals surface area contributed by atoms with Gasteiger partial charge in [-0.15, -0.1) is 0 Å². The molecule has 1 saturated heterocycles. The number of hydrogen-bond acceptors (Lipinski definition) is 4. The molecule has 1 aromatic rings. The van der Waals surface area contributed by atoms with Crippen molar-refractivity contribution in [3.8, 4) is 5.75 Å². The number of aliphatic hydroxyl groups excluding tert-OH is 1. The molecule has 1 unspecified atom stereocenters. The Morgan fingerprint density at radius 1 is 1.39 bits per heavy atom. The van der Waals surface area contributed by atoms with Crippen LogP contribution in [0.5, 0.6) is 5.75 Å². The van der Waals surface area contributed by atoms with Crippen molar-refractivity contribution in [3.05, 3.63) is 24.5 Å². The van der Waals surface area contributed by atoms with E-state index in [2.05, 4.69) is 9.88 Å². The fraction of sp³-hybridized carbons (Fsp3) is 0.643. The Morgan fingerprint density at radius 2 is 2.33 bits per heavy atom. The van der Waals surface area contributed by atoms with Crippen LogP contribution in [0.1, 0.15) is 25.7 Å². The quantitative estimate of drug-likeness (QED) is 0.748. The molecule has 1 fully saturated rings. The predicted molar refractivity (Wildman–Crippen MR) is 70.6 cm³/mol. The lowest BCUT2D eigenvalue weighted by Crippen LogP contribution is -2.25. The lowest BCUT2D eigenvalue weighted by atomic mass is 10.2. The van der Waals surface area contributed by atoms with Crippen molar-refractivity contribution in [2.24, 2.45) is 0 Å². The molecule has 0 saturated carbocycles. The second-order valence-electron chi connectivity index (χ2n) is 4.80. The highest BCUT2D eigenvalue weighted by Gasteiger charge is 2.23. The fourth-order valence-electron chi connectivity index (χ4n) is 2.33. The Hall–Kier alpha value is -1.13. The van der Waals surface area contributed by atoms with E-state index < -0.39 is 0 Å². The minimum Gasteiger partial charge on any atom is -0.487 e. The minimum absolute atomic E-state index is 0.298. The van der Waals surface area contributed by atoms with Gasteiger partial charge in [-0.1, -0.05) is 0 Å². The highest BCUT2D eigenvalue weighted by Crippen LogP contribution is 2.17. The van der Waals surface area contributed by atoms with Gasteiger partial charge in [0.1, 0.15) is 11.9 Å². The number of ether oxygens (including phenoxy) is 1. The number of pyridine rings is 1. The minimum atomic E-state index is 0.298.